The van der Waals surface area contributed by atoms with Crippen LogP contribution in [0.2, 0.25) is 0 Å². The molecule has 0 unspecified atom stereocenters. The summed E-state index contributed by atoms with van der Waals surface area (Å²) in [5.41, 5.74) is 2.61. The van der Waals surface area contributed by atoms with Gasteiger partial charge in [0.15, 0.2) is 4.96 Å². The number of aryl methyl sites for hydroxylation is 3. The van der Waals surface area contributed by atoms with Gasteiger partial charge in [0.1, 0.15) is 5.69 Å². The minimum absolute atomic E-state index is 0.199. The Morgan fingerprint density at radius 3 is 3.04 bits per heavy atom. The van der Waals surface area contributed by atoms with E-state index in [1.807, 2.05) is 19.1 Å². The second-order valence-electron chi connectivity index (χ2n) is 5.74. The first-order chi connectivity index (χ1) is 11.1. The maximum Gasteiger partial charge on any atom is 0.282 e. The maximum absolute atomic E-state index is 12.7. The first-order valence-corrected chi connectivity index (χ1v) is 8.35. The third kappa shape index (κ3) is 2.35. The molecule has 3 aromatic rings. The summed E-state index contributed by atoms with van der Waals surface area (Å²) in [5, 5.41) is 2.70. The SMILES string of the molecule is Cc1cccc(C(=O)Nc2cnc3sc4c(n3c2=O)CCC4)c1. The van der Waals surface area contributed by atoms with Gasteiger partial charge < -0.3 is 5.32 Å². The Labute approximate surface area is 136 Å². The van der Waals surface area contributed by atoms with Gasteiger partial charge in [-0.05, 0) is 38.3 Å². The summed E-state index contributed by atoms with van der Waals surface area (Å²) in [4.78, 5) is 31.3. The van der Waals surface area contributed by atoms with Crippen LogP contribution in [-0.4, -0.2) is 15.3 Å². The van der Waals surface area contributed by atoms with E-state index in [9.17, 15) is 9.59 Å². The molecule has 0 spiro atoms. The van der Waals surface area contributed by atoms with Crippen LogP contribution in [0.15, 0.2) is 35.3 Å². The third-order valence-electron chi connectivity index (χ3n) is 4.08. The number of fused-ring (bicyclic) bond motifs is 3. The first-order valence-electron chi connectivity index (χ1n) is 7.54. The Balaban J connectivity index is 1.74. The number of hydrogen-bond acceptors (Lipinski definition) is 4. The van der Waals surface area contributed by atoms with Crippen molar-refractivity contribution in [2.24, 2.45) is 0 Å². The molecule has 0 radical (unpaired) electrons. The highest BCUT2D eigenvalue weighted by Crippen LogP contribution is 2.29. The normalized spacial score (nSPS) is 13.3. The minimum Gasteiger partial charge on any atom is -0.316 e. The van der Waals surface area contributed by atoms with Gasteiger partial charge in [-0.2, -0.15) is 0 Å². The van der Waals surface area contributed by atoms with Gasteiger partial charge in [0, 0.05) is 16.1 Å². The summed E-state index contributed by atoms with van der Waals surface area (Å²) in [5.74, 6) is -0.292. The number of carbonyl (C=O) groups excluding carboxylic acids is 1. The first kappa shape index (κ1) is 14.1. The van der Waals surface area contributed by atoms with Crippen LogP contribution >= 0.6 is 11.3 Å². The number of aromatic nitrogens is 2. The lowest BCUT2D eigenvalue weighted by Crippen LogP contribution is -2.23. The van der Waals surface area contributed by atoms with Crippen molar-refractivity contribution in [2.75, 3.05) is 5.32 Å². The molecule has 116 valence electrons. The minimum atomic E-state index is -0.292. The van der Waals surface area contributed by atoms with Crippen molar-refractivity contribution in [1.29, 1.82) is 0 Å². The van der Waals surface area contributed by atoms with E-state index >= 15 is 0 Å². The summed E-state index contributed by atoms with van der Waals surface area (Å²) in [6.07, 6.45) is 4.43. The van der Waals surface area contributed by atoms with Gasteiger partial charge in [-0.25, -0.2) is 4.98 Å². The highest BCUT2D eigenvalue weighted by Gasteiger charge is 2.21. The second kappa shape index (κ2) is 5.31. The van der Waals surface area contributed by atoms with E-state index in [0.717, 1.165) is 30.5 Å². The van der Waals surface area contributed by atoms with E-state index in [2.05, 4.69) is 10.3 Å². The second-order valence-corrected chi connectivity index (χ2v) is 6.81. The number of carbonyl (C=O) groups is 1. The van der Waals surface area contributed by atoms with Crippen LogP contribution in [0.4, 0.5) is 5.69 Å². The molecule has 6 heteroatoms. The van der Waals surface area contributed by atoms with E-state index in [1.165, 1.54) is 11.1 Å². The quantitative estimate of drug-likeness (QED) is 0.788. The van der Waals surface area contributed by atoms with Crippen molar-refractivity contribution in [3.63, 3.8) is 0 Å². The molecule has 0 aliphatic heterocycles. The summed E-state index contributed by atoms with van der Waals surface area (Å²) < 4.78 is 1.65. The summed E-state index contributed by atoms with van der Waals surface area (Å²) >= 11 is 1.57. The molecular weight excluding hydrogens is 310 g/mol. The average Bonchev–Trinajstić information content (AvgIpc) is 3.10. The van der Waals surface area contributed by atoms with Gasteiger partial charge in [0.25, 0.3) is 11.5 Å². The molecule has 2 heterocycles. The molecule has 1 N–H and O–H groups in total. The van der Waals surface area contributed by atoms with E-state index in [-0.39, 0.29) is 17.2 Å². The Bertz CT molecular complexity index is 987. The summed E-state index contributed by atoms with van der Waals surface area (Å²) in [7, 11) is 0. The molecule has 0 fully saturated rings. The third-order valence-corrected chi connectivity index (χ3v) is 5.24. The molecule has 0 saturated heterocycles. The molecule has 2 aromatic heterocycles. The van der Waals surface area contributed by atoms with E-state index in [4.69, 9.17) is 0 Å². The van der Waals surface area contributed by atoms with Crippen LogP contribution in [0, 0.1) is 6.92 Å². The van der Waals surface area contributed by atoms with Gasteiger partial charge in [0.05, 0.1) is 6.20 Å². The van der Waals surface area contributed by atoms with Crippen molar-refractivity contribution in [1.82, 2.24) is 9.38 Å². The standard InChI is InChI=1S/C17H15N3O2S/c1-10-4-2-5-11(8-10)15(21)19-12-9-18-17-20(16(12)22)13-6-3-7-14(13)23-17/h2,4-5,8-9H,3,6-7H2,1H3,(H,19,21). The van der Waals surface area contributed by atoms with Crippen molar-refractivity contribution in [3.8, 4) is 0 Å². The number of thiazole rings is 1. The van der Waals surface area contributed by atoms with Crippen LogP contribution in [0.25, 0.3) is 4.96 Å². The molecule has 0 bridgehead atoms. The predicted molar refractivity (Wildman–Crippen MR) is 90.5 cm³/mol. The van der Waals surface area contributed by atoms with E-state index < -0.39 is 0 Å². The Kier molecular flexibility index (Phi) is 3.27. The van der Waals surface area contributed by atoms with Gasteiger partial charge in [-0.1, -0.05) is 17.7 Å². The van der Waals surface area contributed by atoms with Crippen molar-refractivity contribution in [2.45, 2.75) is 26.2 Å². The predicted octanol–water partition coefficient (Wildman–Crippen LogP) is 2.81. The zero-order valence-electron chi connectivity index (χ0n) is 12.6. The maximum atomic E-state index is 12.7. The van der Waals surface area contributed by atoms with Crippen LogP contribution in [-0.2, 0) is 12.8 Å². The Morgan fingerprint density at radius 1 is 1.35 bits per heavy atom. The highest BCUT2D eigenvalue weighted by atomic mass is 32.1. The zero-order chi connectivity index (χ0) is 16.0. The molecule has 23 heavy (non-hydrogen) atoms. The lowest BCUT2D eigenvalue weighted by atomic mass is 10.1. The van der Waals surface area contributed by atoms with Gasteiger partial charge in [0.2, 0.25) is 0 Å². The van der Waals surface area contributed by atoms with E-state index in [1.54, 1.807) is 27.9 Å². The van der Waals surface area contributed by atoms with Crippen LogP contribution < -0.4 is 10.9 Å². The molecule has 1 aromatic carbocycles. The topological polar surface area (TPSA) is 63.5 Å². The lowest BCUT2D eigenvalue weighted by molar-refractivity contribution is 0.102. The molecule has 1 amide bonds. The number of anilines is 1. The van der Waals surface area contributed by atoms with Crippen LogP contribution in [0.1, 0.15) is 32.9 Å². The number of nitrogens with zero attached hydrogens (tertiary/aromatic N) is 2. The molecule has 5 nitrogen and oxygen atoms in total. The number of benzene rings is 1. The van der Waals surface area contributed by atoms with Crippen molar-refractivity contribution < 1.29 is 4.79 Å². The lowest BCUT2D eigenvalue weighted by Gasteiger charge is -2.06. The highest BCUT2D eigenvalue weighted by molar-refractivity contribution is 7.17. The van der Waals surface area contributed by atoms with Crippen LogP contribution in [0.3, 0.4) is 0 Å². The van der Waals surface area contributed by atoms with Gasteiger partial charge in [-0.3, -0.25) is 14.0 Å². The van der Waals surface area contributed by atoms with Gasteiger partial charge in [-0.15, -0.1) is 11.3 Å². The molecule has 0 atom stereocenters. The van der Waals surface area contributed by atoms with E-state index in [0.29, 0.717) is 10.5 Å². The molecule has 4 rings (SSSR count). The smallest absolute Gasteiger partial charge is 0.282 e. The average molecular weight is 325 g/mol. The number of amides is 1. The number of rotatable bonds is 2. The van der Waals surface area contributed by atoms with Crippen molar-refractivity contribution >= 4 is 27.9 Å². The molecule has 0 saturated carbocycles. The fraction of sp³-hybridized carbons (Fsp3) is 0.235. The monoisotopic (exact) mass is 325 g/mol. The van der Waals surface area contributed by atoms with Crippen molar-refractivity contribution in [3.05, 3.63) is 62.5 Å². The Hall–Kier alpha value is -2.47. The summed E-state index contributed by atoms with van der Waals surface area (Å²) in [6.45, 7) is 1.92. The zero-order valence-corrected chi connectivity index (χ0v) is 13.4. The summed E-state index contributed by atoms with van der Waals surface area (Å²) in [6, 6.07) is 7.27. The van der Waals surface area contributed by atoms with Gasteiger partial charge >= 0.3 is 0 Å². The molecule has 1 aliphatic rings. The fourth-order valence-corrected chi connectivity index (χ4v) is 4.14. The molecular formula is C17H15N3O2S. The number of nitrogens with one attached hydrogen (secondary N) is 1. The molecule has 1 aliphatic carbocycles. The van der Waals surface area contributed by atoms with Crippen LogP contribution in [0.5, 0.6) is 0 Å². The Morgan fingerprint density at radius 2 is 2.22 bits per heavy atom. The number of hydrogen-bond donors (Lipinski definition) is 1. The largest absolute Gasteiger partial charge is 0.316 e. The fourth-order valence-electron chi connectivity index (χ4n) is 2.97.